The number of aryl methyl sites for hydroxylation is 2. The average molecular weight is 344 g/mol. The van der Waals surface area contributed by atoms with Crippen LogP contribution in [0.25, 0.3) is 0 Å². The first-order valence-electron chi connectivity index (χ1n) is 8.25. The number of rotatable bonds is 9. The summed E-state index contributed by atoms with van der Waals surface area (Å²) in [6.07, 6.45) is 1.77. The van der Waals surface area contributed by atoms with Crippen LogP contribution in [-0.4, -0.2) is 41.9 Å². The third kappa shape index (κ3) is 6.04. The second kappa shape index (κ2) is 9.58. The molecule has 0 unspecified atom stereocenters. The molecule has 1 heterocycles. The first-order valence-corrected chi connectivity index (χ1v) is 8.25. The Morgan fingerprint density at radius 1 is 1.24 bits per heavy atom. The lowest BCUT2D eigenvalue weighted by atomic mass is 10.1. The molecule has 2 amide bonds. The minimum absolute atomic E-state index is 0.112. The molecule has 0 aliphatic rings. The molecule has 0 radical (unpaired) electrons. The van der Waals surface area contributed by atoms with Gasteiger partial charge in [0.15, 0.2) is 5.69 Å². The van der Waals surface area contributed by atoms with E-state index in [9.17, 15) is 9.59 Å². The topological polar surface area (TPSA) is 85.3 Å². The van der Waals surface area contributed by atoms with E-state index >= 15 is 0 Å². The first-order chi connectivity index (χ1) is 12.1. The molecule has 0 bridgehead atoms. The molecule has 25 heavy (non-hydrogen) atoms. The molecular weight excluding hydrogens is 320 g/mol. The zero-order valence-corrected chi connectivity index (χ0v) is 14.6. The Hall–Kier alpha value is -2.67. The molecule has 2 rings (SSSR count). The van der Waals surface area contributed by atoms with Crippen molar-refractivity contribution in [1.29, 1.82) is 0 Å². The monoisotopic (exact) mass is 344 g/mol. The van der Waals surface area contributed by atoms with Crippen molar-refractivity contribution in [2.45, 2.75) is 19.3 Å². The maximum atomic E-state index is 12.1. The molecule has 1 aromatic carbocycles. The molecule has 1 aromatic heterocycles. The number of ether oxygens (including phenoxy) is 1. The lowest BCUT2D eigenvalue weighted by Gasteiger charge is -2.05. The number of nitrogens with zero attached hydrogens (tertiary/aromatic N) is 2. The molecule has 7 heteroatoms. The summed E-state index contributed by atoms with van der Waals surface area (Å²) < 4.78 is 6.42. The van der Waals surface area contributed by atoms with Crippen LogP contribution in [0.4, 0.5) is 5.82 Å². The van der Waals surface area contributed by atoms with Crippen molar-refractivity contribution >= 4 is 17.6 Å². The fourth-order valence-corrected chi connectivity index (χ4v) is 2.31. The third-order valence-corrected chi connectivity index (χ3v) is 3.67. The maximum absolute atomic E-state index is 12.1. The van der Waals surface area contributed by atoms with Gasteiger partial charge in [0, 0.05) is 39.8 Å². The molecule has 134 valence electrons. The van der Waals surface area contributed by atoms with E-state index in [4.69, 9.17) is 4.74 Å². The molecule has 0 spiro atoms. The van der Waals surface area contributed by atoms with Crippen LogP contribution in [0.5, 0.6) is 0 Å². The predicted molar refractivity (Wildman–Crippen MR) is 95.4 cm³/mol. The SMILES string of the molecule is COCCCNC(=O)c1cc(NC(=O)CCc2ccccc2)n(C)n1. The van der Waals surface area contributed by atoms with Crippen molar-refractivity contribution < 1.29 is 14.3 Å². The van der Waals surface area contributed by atoms with Crippen molar-refractivity contribution in [3.05, 3.63) is 47.7 Å². The Morgan fingerprint density at radius 2 is 2.00 bits per heavy atom. The fraction of sp³-hybridized carbons (Fsp3) is 0.389. The van der Waals surface area contributed by atoms with Gasteiger partial charge in [0.05, 0.1) is 0 Å². The Kier molecular flexibility index (Phi) is 7.16. The van der Waals surface area contributed by atoms with Gasteiger partial charge in [-0.3, -0.25) is 14.3 Å². The highest BCUT2D eigenvalue weighted by molar-refractivity contribution is 5.95. The summed E-state index contributed by atoms with van der Waals surface area (Å²) >= 11 is 0. The van der Waals surface area contributed by atoms with Crippen molar-refractivity contribution in [1.82, 2.24) is 15.1 Å². The van der Waals surface area contributed by atoms with E-state index in [1.54, 1.807) is 20.2 Å². The molecule has 0 aliphatic carbocycles. The number of aromatic nitrogens is 2. The van der Waals surface area contributed by atoms with Gasteiger partial charge >= 0.3 is 0 Å². The lowest BCUT2D eigenvalue weighted by Crippen LogP contribution is -2.25. The first kappa shape index (κ1) is 18.7. The number of benzene rings is 1. The summed E-state index contributed by atoms with van der Waals surface area (Å²) in [7, 11) is 3.31. The van der Waals surface area contributed by atoms with Crippen molar-refractivity contribution in [2.24, 2.45) is 7.05 Å². The third-order valence-electron chi connectivity index (χ3n) is 3.67. The number of methoxy groups -OCH3 is 1. The van der Waals surface area contributed by atoms with E-state index in [2.05, 4.69) is 15.7 Å². The summed E-state index contributed by atoms with van der Waals surface area (Å²) in [5, 5.41) is 9.70. The van der Waals surface area contributed by atoms with Gasteiger partial charge in [-0.25, -0.2) is 0 Å². The number of hydrogen-bond donors (Lipinski definition) is 2. The molecule has 0 saturated heterocycles. The Morgan fingerprint density at radius 3 is 2.72 bits per heavy atom. The minimum Gasteiger partial charge on any atom is -0.385 e. The minimum atomic E-state index is -0.267. The fourth-order valence-electron chi connectivity index (χ4n) is 2.31. The zero-order chi connectivity index (χ0) is 18.1. The lowest BCUT2D eigenvalue weighted by molar-refractivity contribution is -0.116. The normalized spacial score (nSPS) is 10.5. The number of carbonyl (C=O) groups excluding carboxylic acids is 2. The quantitative estimate of drug-likeness (QED) is 0.679. The molecule has 0 fully saturated rings. The summed E-state index contributed by atoms with van der Waals surface area (Å²) in [4.78, 5) is 24.1. The van der Waals surface area contributed by atoms with Gasteiger partial charge in [-0.2, -0.15) is 5.10 Å². The van der Waals surface area contributed by atoms with Gasteiger partial charge in [-0.05, 0) is 18.4 Å². The largest absolute Gasteiger partial charge is 0.385 e. The van der Waals surface area contributed by atoms with E-state index in [1.807, 2.05) is 30.3 Å². The van der Waals surface area contributed by atoms with Gasteiger partial charge in [0.1, 0.15) is 5.82 Å². The van der Waals surface area contributed by atoms with Crippen LogP contribution in [0.2, 0.25) is 0 Å². The van der Waals surface area contributed by atoms with Crippen molar-refractivity contribution in [3.63, 3.8) is 0 Å². The zero-order valence-electron chi connectivity index (χ0n) is 14.6. The Labute approximate surface area is 147 Å². The molecule has 7 nitrogen and oxygen atoms in total. The highest BCUT2D eigenvalue weighted by atomic mass is 16.5. The summed E-state index contributed by atoms with van der Waals surface area (Å²) in [6.45, 7) is 1.10. The van der Waals surface area contributed by atoms with Crippen LogP contribution < -0.4 is 10.6 Å². The number of amides is 2. The van der Waals surface area contributed by atoms with Crippen molar-refractivity contribution in [2.75, 3.05) is 25.6 Å². The van der Waals surface area contributed by atoms with Crippen LogP contribution in [0.1, 0.15) is 28.9 Å². The van der Waals surface area contributed by atoms with E-state index in [1.165, 1.54) is 4.68 Å². The van der Waals surface area contributed by atoms with E-state index in [-0.39, 0.29) is 17.5 Å². The van der Waals surface area contributed by atoms with Gasteiger partial charge in [0.25, 0.3) is 5.91 Å². The molecular formula is C18H24N4O3. The Balaban J connectivity index is 1.84. The van der Waals surface area contributed by atoms with E-state index < -0.39 is 0 Å². The van der Waals surface area contributed by atoms with Gasteiger partial charge in [-0.15, -0.1) is 0 Å². The standard InChI is InChI=1S/C18H24N4O3/c1-22-16(13-15(21-22)18(24)19-11-6-12-25-2)20-17(23)10-9-14-7-4-3-5-8-14/h3-5,7-8,13H,6,9-12H2,1-2H3,(H,19,24)(H,20,23). The van der Waals surface area contributed by atoms with Gasteiger partial charge in [-0.1, -0.05) is 30.3 Å². The average Bonchev–Trinajstić information content (AvgIpc) is 2.98. The molecule has 0 aliphatic heterocycles. The van der Waals surface area contributed by atoms with Gasteiger partial charge < -0.3 is 15.4 Å². The molecule has 0 saturated carbocycles. The summed E-state index contributed by atoms with van der Waals surface area (Å²) in [5.74, 6) is 0.121. The highest BCUT2D eigenvalue weighted by Gasteiger charge is 2.14. The molecule has 2 N–H and O–H groups in total. The highest BCUT2D eigenvalue weighted by Crippen LogP contribution is 2.10. The predicted octanol–water partition coefficient (Wildman–Crippen LogP) is 1.76. The second-order valence-electron chi connectivity index (χ2n) is 5.67. The summed E-state index contributed by atoms with van der Waals surface area (Å²) in [6, 6.07) is 11.4. The maximum Gasteiger partial charge on any atom is 0.271 e. The van der Waals surface area contributed by atoms with E-state index in [0.717, 1.165) is 12.0 Å². The van der Waals surface area contributed by atoms with E-state index in [0.29, 0.717) is 31.8 Å². The number of nitrogens with one attached hydrogen (secondary N) is 2. The number of hydrogen-bond acceptors (Lipinski definition) is 4. The van der Waals surface area contributed by atoms with Crippen LogP contribution in [0.15, 0.2) is 36.4 Å². The van der Waals surface area contributed by atoms with Gasteiger partial charge in [0.2, 0.25) is 5.91 Å². The number of carbonyl (C=O) groups is 2. The molecule has 2 aromatic rings. The molecule has 0 atom stereocenters. The van der Waals surface area contributed by atoms with Crippen LogP contribution in [0.3, 0.4) is 0 Å². The Bertz CT molecular complexity index is 698. The van der Waals surface area contributed by atoms with Crippen LogP contribution in [-0.2, 0) is 23.0 Å². The summed E-state index contributed by atoms with van der Waals surface area (Å²) in [5.41, 5.74) is 1.39. The smallest absolute Gasteiger partial charge is 0.271 e. The van der Waals surface area contributed by atoms with Crippen LogP contribution in [0, 0.1) is 0 Å². The van der Waals surface area contributed by atoms with Crippen LogP contribution >= 0.6 is 0 Å². The number of anilines is 1. The van der Waals surface area contributed by atoms with Crippen molar-refractivity contribution in [3.8, 4) is 0 Å². The second-order valence-corrected chi connectivity index (χ2v) is 5.67.